The SMILES string of the molecule is O=C1c2cc3ccccc3cc2C(=O)c2c1cc1ccccc1c2Cl. The summed E-state index contributed by atoms with van der Waals surface area (Å²) >= 11 is 6.53. The lowest BCUT2D eigenvalue weighted by atomic mass is 9.81. The summed E-state index contributed by atoms with van der Waals surface area (Å²) in [6.07, 6.45) is 0. The summed E-state index contributed by atoms with van der Waals surface area (Å²) in [4.78, 5) is 26.2. The molecule has 0 bridgehead atoms. The topological polar surface area (TPSA) is 34.1 Å². The highest BCUT2D eigenvalue weighted by molar-refractivity contribution is 6.43. The van der Waals surface area contributed by atoms with E-state index < -0.39 is 0 Å². The molecule has 0 heterocycles. The normalized spacial score (nSPS) is 13.2. The standard InChI is InChI=1S/C22H11ClO2/c23-20-15-8-4-3-7-14(15)11-18-19(20)22(25)17-10-13-6-2-1-5-12(13)9-16(17)21(18)24/h1-11H. The van der Waals surface area contributed by atoms with Crippen LogP contribution < -0.4 is 0 Å². The van der Waals surface area contributed by atoms with Gasteiger partial charge in [0.25, 0.3) is 0 Å². The number of fused-ring (bicyclic) bond motifs is 4. The van der Waals surface area contributed by atoms with E-state index >= 15 is 0 Å². The average molecular weight is 343 g/mol. The fourth-order valence-corrected chi connectivity index (χ4v) is 3.96. The molecule has 0 saturated heterocycles. The summed E-state index contributed by atoms with van der Waals surface area (Å²) < 4.78 is 0. The Bertz CT molecular complexity index is 1240. The molecule has 4 aromatic carbocycles. The van der Waals surface area contributed by atoms with Gasteiger partial charge in [-0.2, -0.15) is 0 Å². The van der Waals surface area contributed by atoms with Crippen LogP contribution in [0.25, 0.3) is 21.5 Å². The van der Waals surface area contributed by atoms with E-state index in [1.807, 2.05) is 48.5 Å². The number of ketones is 2. The molecule has 3 heteroatoms. The van der Waals surface area contributed by atoms with Crippen molar-refractivity contribution < 1.29 is 9.59 Å². The molecule has 0 N–H and O–H groups in total. The van der Waals surface area contributed by atoms with Crippen LogP contribution in [-0.2, 0) is 0 Å². The second-order valence-electron chi connectivity index (χ2n) is 6.24. The number of rotatable bonds is 0. The first kappa shape index (κ1) is 14.4. The molecule has 0 spiro atoms. The van der Waals surface area contributed by atoms with Crippen molar-refractivity contribution in [3.63, 3.8) is 0 Å². The van der Waals surface area contributed by atoms with Crippen molar-refractivity contribution in [1.82, 2.24) is 0 Å². The monoisotopic (exact) mass is 342 g/mol. The van der Waals surface area contributed by atoms with Crippen molar-refractivity contribution in [3.05, 3.63) is 94.0 Å². The van der Waals surface area contributed by atoms with Gasteiger partial charge in [0, 0.05) is 22.1 Å². The summed E-state index contributed by atoms with van der Waals surface area (Å²) in [5.74, 6) is -0.339. The van der Waals surface area contributed by atoms with Crippen LogP contribution in [0.4, 0.5) is 0 Å². The second-order valence-corrected chi connectivity index (χ2v) is 6.62. The van der Waals surface area contributed by atoms with Crippen molar-refractivity contribution in [2.24, 2.45) is 0 Å². The molecule has 0 amide bonds. The van der Waals surface area contributed by atoms with Gasteiger partial charge >= 0.3 is 0 Å². The molecule has 2 nitrogen and oxygen atoms in total. The lowest BCUT2D eigenvalue weighted by Crippen LogP contribution is -2.21. The molecular formula is C22H11ClO2. The van der Waals surface area contributed by atoms with Crippen LogP contribution in [0, 0.1) is 0 Å². The van der Waals surface area contributed by atoms with Crippen LogP contribution in [0.15, 0.2) is 66.7 Å². The van der Waals surface area contributed by atoms with Gasteiger partial charge in [-0.25, -0.2) is 0 Å². The van der Waals surface area contributed by atoms with Crippen molar-refractivity contribution in [2.45, 2.75) is 0 Å². The van der Waals surface area contributed by atoms with Crippen LogP contribution in [-0.4, -0.2) is 11.6 Å². The Hall–Kier alpha value is -2.97. The van der Waals surface area contributed by atoms with Gasteiger partial charge in [-0.3, -0.25) is 9.59 Å². The zero-order valence-electron chi connectivity index (χ0n) is 13.0. The quantitative estimate of drug-likeness (QED) is 0.376. The molecular weight excluding hydrogens is 332 g/mol. The van der Waals surface area contributed by atoms with Gasteiger partial charge in [0.15, 0.2) is 11.6 Å². The van der Waals surface area contributed by atoms with E-state index in [0.29, 0.717) is 27.3 Å². The number of hydrogen-bond acceptors (Lipinski definition) is 2. The third-order valence-corrected chi connectivity index (χ3v) is 5.23. The first-order valence-electron chi connectivity index (χ1n) is 7.98. The van der Waals surface area contributed by atoms with Gasteiger partial charge in [-0.15, -0.1) is 0 Å². The first-order chi connectivity index (χ1) is 12.1. The molecule has 0 aliphatic heterocycles. The lowest BCUT2D eigenvalue weighted by molar-refractivity contribution is 0.0979. The summed E-state index contributed by atoms with van der Waals surface area (Å²) in [6.45, 7) is 0. The Kier molecular flexibility index (Phi) is 2.88. The van der Waals surface area contributed by atoms with E-state index in [0.717, 1.165) is 21.5 Å². The largest absolute Gasteiger partial charge is 0.289 e. The fraction of sp³-hybridized carbons (Fsp3) is 0. The highest BCUT2D eigenvalue weighted by Gasteiger charge is 2.32. The summed E-state index contributed by atoms with van der Waals surface area (Å²) in [7, 11) is 0. The van der Waals surface area contributed by atoms with Gasteiger partial charge in [0.1, 0.15) is 0 Å². The predicted molar refractivity (Wildman–Crippen MR) is 99.8 cm³/mol. The molecule has 0 atom stereocenters. The van der Waals surface area contributed by atoms with Gasteiger partial charge in [-0.05, 0) is 34.4 Å². The molecule has 5 rings (SSSR count). The second kappa shape index (κ2) is 5.01. The van der Waals surface area contributed by atoms with E-state index in [1.54, 1.807) is 18.2 Å². The number of carbonyl (C=O) groups excluding carboxylic acids is 2. The fourth-order valence-electron chi connectivity index (χ4n) is 3.60. The average Bonchev–Trinajstić information content (AvgIpc) is 2.65. The highest BCUT2D eigenvalue weighted by atomic mass is 35.5. The van der Waals surface area contributed by atoms with Gasteiger partial charge in [0.2, 0.25) is 0 Å². The predicted octanol–water partition coefficient (Wildman–Crippen LogP) is 5.42. The molecule has 25 heavy (non-hydrogen) atoms. The van der Waals surface area contributed by atoms with E-state index in [4.69, 9.17) is 11.6 Å². The highest BCUT2D eigenvalue weighted by Crippen LogP contribution is 2.38. The third-order valence-electron chi connectivity index (χ3n) is 4.83. The van der Waals surface area contributed by atoms with Crippen molar-refractivity contribution >= 4 is 44.7 Å². The third kappa shape index (κ3) is 1.92. The van der Waals surface area contributed by atoms with Crippen molar-refractivity contribution in [2.75, 3.05) is 0 Å². The molecule has 0 unspecified atom stereocenters. The van der Waals surface area contributed by atoms with Gasteiger partial charge in [-0.1, -0.05) is 60.1 Å². The lowest BCUT2D eigenvalue weighted by Gasteiger charge is -2.20. The van der Waals surface area contributed by atoms with Crippen LogP contribution in [0.5, 0.6) is 0 Å². The molecule has 1 aliphatic rings. The van der Waals surface area contributed by atoms with E-state index in [9.17, 15) is 9.59 Å². The van der Waals surface area contributed by atoms with Crippen LogP contribution >= 0.6 is 11.6 Å². The maximum atomic E-state index is 13.1. The minimum absolute atomic E-state index is 0.150. The minimum Gasteiger partial charge on any atom is -0.289 e. The Labute approximate surface area is 148 Å². The van der Waals surface area contributed by atoms with Crippen LogP contribution in [0.1, 0.15) is 31.8 Å². The zero-order valence-corrected chi connectivity index (χ0v) is 13.8. The number of hydrogen-bond donors (Lipinski definition) is 0. The minimum atomic E-state index is -0.189. The zero-order chi connectivity index (χ0) is 17.1. The van der Waals surface area contributed by atoms with Crippen molar-refractivity contribution in [1.29, 1.82) is 0 Å². The first-order valence-corrected chi connectivity index (χ1v) is 8.36. The summed E-state index contributed by atoms with van der Waals surface area (Å²) in [6, 6.07) is 20.6. The molecule has 0 fully saturated rings. The summed E-state index contributed by atoms with van der Waals surface area (Å²) in [5, 5.41) is 3.87. The number of benzene rings is 4. The Morgan fingerprint density at radius 2 is 1.12 bits per heavy atom. The molecule has 0 saturated carbocycles. The van der Waals surface area contributed by atoms with E-state index in [2.05, 4.69) is 0 Å². The number of carbonyl (C=O) groups is 2. The molecule has 118 valence electrons. The molecule has 4 aromatic rings. The van der Waals surface area contributed by atoms with Gasteiger partial charge in [0.05, 0.1) is 10.6 Å². The van der Waals surface area contributed by atoms with Crippen LogP contribution in [0.3, 0.4) is 0 Å². The summed E-state index contributed by atoms with van der Waals surface area (Å²) in [5.41, 5.74) is 1.57. The molecule has 1 aliphatic carbocycles. The van der Waals surface area contributed by atoms with E-state index in [-0.39, 0.29) is 11.6 Å². The van der Waals surface area contributed by atoms with Gasteiger partial charge < -0.3 is 0 Å². The van der Waals surface area contributed by atoms with Crippen LogP contribution in [0.2, 0.25) is 5.02 Å². The maximum Gasteiger partial charge on any atom is 0.196 e. The van der Waals surface area contributed by atoms with E-state index in [1.165, 1.54) is 0 Å². The Morgan fingerprint density at radius 3 is 1.80 bits per heavy atom. The number of halogens is 1. The maximum absolute atomic E-state index is 13.1. The Morgan fingerprint density at radius 1 is 0.600 bits per heavy atom. The molecule has 0 aromatic heterocycles. The Balaban J connectivity index is 1.88. The van der Waals surface area contributed by atoms with Crippen molar-refractivity contribution in [3.8, 4) is 0 Å². The molecule has 0 radical (unpaired) electrons. The smallest absolute Gasteiger partial charge is 0.196 e.